The molecule has 0 spiro atoms. The summed E-state index contributed by atoms with van der Waals surface area (Å²) in [6.45, 7) is 7.08. The molecule has 1 unspecified atom stereocenters. The molecule has 1 atom stereocenters. The molecule has 7 heteroatoms. The first-order valence-electron chi connectivity index (χ1n) is 12.8. The van der Waals surface area contributed by atoms with E-state index in [9.17, 15) is 10.1 Å². The Balaban J connectivity index is 1.64. The SMILES string of the molecule is CCCCCOc1ccc(C2C(C#N)=C(N)Oc3cc(OC(=O)c4ccc(C)cc4)ccc32)cc1OCC. The topological polar surface area (TPSA) is 104 Å². The summed E-state index contributed by atoms with van der Waals surface area (Å²) in [5, 5.41) is 9.94. The van der Waals surface area contributed by atoms with Crippen LogP contribution in [0.5, 0.6) is 23.0 Å². The highest BCUT2D eigenvalue weighted by Gasteiger charge is 2.32. The lowest BCUT2D eigenvalue weighted by atomic mass is 9.83. The summed E-state index contributed by atoms with van der Waals surface area (Å²) in [6.07, 6.45) is 3.17. The van der Waals surface area contributed by atoms with Crippen LogP contribution in [0.15, 0.2) is 72.1 Å². The second kappa shape index (κ2) is 12.2. The summed E-state index contributed by atoms with van der Waals surface area (Å²) < 4.78 is 23.2. The molecule has 1 aliphatic rings. The molecule has 3 aromatic carbocycles. The maximum atomic E-state index is 12.6. The monoisotopic (exact) mass is 512 g/mol. The minimum absolute atomic E-state index is 0.00450. The van der Waals surface area contributed by atoms with E-state index in [2.05, 4.69) is 13.0 Å². The number of carbonyl (C=O) groups excluding carboxylic acids is 1. The molecule has 0 amide bonds. The van der Waals surface area contributed by atoms with Crippen molar-refractivity contribution < 1.29 is 23.7 Å². The van der Waals surface area contributed by atoms with E-state index in [1.807, 2.05) is 44.2 Å². The first-order valence-corrected chi connectivity index (χ1v) is 12.8. The van der Waals surface area contributed by atoms with E-state index in [1.165, 1.54) is 0 Å². The van der Waals surface area contributed by atoms with Crippen molar-refractivity contribution in [3.05, 3.63) is 94.4 Å². The number of nitrogens with zero attached hydrogens (tertiary/aromatic N) is 1. The van der Waals surface area contributed by atoms with Gasteiger partial charge in [-0.25, -0.2) is 4.79 Å². The molecule has 2 N–H and O–H groups in total. The number of carbonyl (C=O) groups is 1. The number of nitriles is 1. The number of ether oxygens (including phenoxy) is 4. The average Bonchev–Trinajstić information content (AvgIpc) is 2.91. The quantitative estimate of drug-likeness (QED) is 0.190. The molecule has 4 rings (SSSR count). The molecule has 0 fully saturated rings. The van der Waals surface area contributed by atoms with Gasteiger partial charge in [-0.2, -0.15) is 5.26 Å². The van der Waals surface area contributed by atoms with Crippen LogP contribution in [0.25, 0.3) is 0 Å². The number of hydrogen-bond donors (Lipinski definition) is 1. The molecule has 0 bridgehead atoms. The van der Waals surface area contributed by atoms with Gasteiger partial charge in [0.2, 0.25) is 5.88 Å². The van der Waals surface area contributed by atoms with Gasteiger partial charge in [-0.3, -0.25) is 0 Å². The smallest absolute Gasteiger partial charge is 0.343 e. The molecule has 38 heavy (non-hydrogen) atoms. The lowest BCUT2D eigenvalue weighted by Gasteiger charge is -2.27. The normalized spacial score (nSPS) is 14.2. The van der Waals surface area contributed by atoms with Crippen molar-refractivity contribution in [3.8, 4) is 29.1 Å². The number of unbranched alkanes of at least 4 members (excludes halogenated alkanes) is 2. The summed E-state index contributed by atoms with van der Waals surface area (Å²) in [6, 6.07) is 20.1. The largest absolute Gasteiger partial charge is 0.490 e. The Morgan fingerprint density at radius 1 is 1.00 bits per heavy atom. The van der Waals surface area contributed by atoms with Gasteiger partial charge in [-0.15, -0.1) is 0 Å². The summed E-state index contributed by atoms with van der Waals surface area (Å²) in [7, 11) is 0. The van der Waals surface area contributed by atoms with Crippen LogP contribution in [0.4, 0.5) is 0 Å². The van der Waals surface area contributed by atoms with E-state index in [0.29, 0.717) is 47.3 Å². The Bertz CT molecular complexity index is 1370. The van der Waals surface area contributed by atoms with Crippen LogP contribution in [-0.4, -0.2) is 19.2 Å². The molecule has 0 saturated heterocycles. The molecule has 196 valence electrons. The Morgan fingerprint density at radius 3 is 2.50 bits per heavy atom. The molecule has 1 aliphatic heterocycles. The predicted molar refractivity (Wildman–Crippen MR) is 145 cm³/mol. The van der Waals surface area contributed by atoms with E-state index in [1.54, 1.807) is 30.3 Å². The van der Waals surface area contributed by atoms with Crippen LogP contribution in [0.1, 0.15) is 66.1 Å². The van der Waals surface area contributed by atoms with E-state index in [-0.39, 0.29) is 5.88 Å². The van der Waals surface area contributed by atoms with E-state index < -0.39 is 11.9 Å². The van der Waals surface area contributed by atoms with Crippen LogP contribution in [0.2, 0.25) is 0 Å². The highest BCUT2D eigenvalue weighted by atomic mass is 16.5. The zero-order valence-electron chi connectivity index (χ0n) is 22.0. The van der Waals surface area contributed by atoms with Gasteiger partial charge in [0, 0.05) is 11.6 Å². The lowest BCUT2D eigenvalue weighted by molar-refractivity contribution is 0.0734. The van der Waals surface area contributed by atoms with Gasteiger partial charge in [-0.05, 0) is 56.2 Å². The third-order valence-corrected chi connectivity index (χ3v) is 6.29. The third-order valence-electron chi connectivity index (χ3n) is 6.29. The minimum Gasteiger partial charge on any atom is -0.490 e. The summed E-state index contributed by atoms with van der Waals surface area (Å²) in [5.74, 6) is 1.03. The molecule has 0 saturated carbocycles. The Hall–Kier alpha value is -4.44. The molecule has 0 aromatic heterocycles. The van der Waals surface area contributed by atoms with Crippen LogP contribution >= 0.6 is 0 Å². The number of aryl methyl sites for hydroxylation is 1. The average molecular weight is 513 g/mol. The Labute approximate surface area is 223 Å². The van der Waals surface area contributed by atoms with Crippen molar-refractivity contribution in [3.63, 3.8) is 0 Å². The minimum atomic E-state index is -0.487. The number of esters is 1. The summed E-state index contributed by atoms with van der Waals surface area (Å²) in [5.41, 5.74) is 9.50. The number of hydrogen-bond acceptors (Lipinski definition) is 7. The molecule has 3 aromatic rings. The highest BCUT2D eigenvalue weighted by molar-refractivity contribution is 5.91. The second-order valence-corrected chi connectivity index (χ2v) is 9.07. The van der Waals surface area contributed by atoms with Crippen molar-refractivity contribution in [2.45, 2.75) is 46.0 Å². The second-order valence-electron chi connectivity index (χ2n) is 9.07. The molecule has 7 nitrogen and oxygen atoms in total. The van der Waals surface area contributed by atoms with Gasteiger partial charge in [-0.1, -0.05) is 49.6 Å². The molecule has 0 aliphatic carbocycles. The third kappa shape index (κ3) is 5.92. The summed E-state index contributed by atoms with van der Waals surface area (Å²) in [4.78, 5) is 12.6. The van der Waals surface area contributed by atoms with Gasteiger partial charge in [0.25, 0.3) is 0 Å². The molecule has 0 radical (unpaired) electrons. The number of rotatable bonds is 10. The number of fused-ring (bicyclic) bond motifs is 1. The van der Waals surface area contributed by atoms with E-state index >= 15 is 0 Å². The van der Waals surface area contributed by atoms with E-state index in [0.717, 1.165) is 36.0 Å². The van der Waals surface area contributed by atoms with Crippen molar-refractivity contribution in [1.29, 1.82) is 5.26 Å². The van der Waals surface area contributed by atoms with Crippen molar-refractivity contribution >= 4 is 5.97 Å². The standard InChI is InChI=1S/C31H32N2O5/c1-4-6-7-16-36-26-15-12-22(17-28(26)35-5-2)29-24-14-13-23(18-27(24)38-30(33)25(29)19-32)37-31(34)21-10-8-20(3)9-11-21/h8-15,17-18,29H,4-7,16,33H2,1-3H3. The maximum absolute atomic E-state index is 12.6. The highest BCUT2D eigenvalue weighted by Crippen LogP contribution is 2.45. The first kappa shape index (κ1) is 26.6. The molecule has 1 heterocycles. The molecular formula is C31H32N2O5. The fourth-order valence-electron chi connectivity index (χ4n) is 4.32. The Morgan fingerprint density at radius 2 is 1.79 bits per heavy atom. The first-order chi connectivity index (χ1) is 18.4. The van der Waals surface area contributed by atoms with Gasteiger partial charge in [0.05, 0.1) is 24.7 Å². The van der Waals surface area contributed by atoms with Gasteiger partial charge in [0.15, 0.2) is 11.5 Å². The van der Waals surface area contributed by atoms with Crippen LogP contribution in [-0.2, 0) is 0 Å². The molecular weight excluding hydrogens is 480 g/mol. The van der Waals surface area contributed by atoms with Crippen LogP contribution < -0.4 is 24.7 Å². The van der Waals surface area contributed by atoms with Crippen molar-refractivity contribution in [2.75, 3.05) is 13.2 Å². The number of allylic oxidation sites excluding steroid dienone is 1. The number of benzene rings is 3. The zero-order valence-corrected chi connectivity index (χ0v) is 22.0. The van der Waals surface area contributed by atoms with Crippen molar-refractivity contribution in [1.82, 2.24) is 0 Å². The fraction of sp³-hybridized carbons (Fsp3) is 0.290. The van der Waals surface area contributed by atoms with Gasteiger partial charge < -0.3 is 24.7 Å². The number of nitrogens with two attached hydrogens (primary N) is 1. The van der Waals surface area contributed by atoms with Gasteiger partial charge in [0.1, 0.15) is 23.1 Å². The predicted octanol–water partition coefficient (Wildman–Crippen LogP) is 6.40. The van der Waals surface area contributed by atoms with Crippen molar-refractivity contribution in [2.24, 2.45) is 5.73 Å². The van der Waals surface area contributed by atoms with Crippen LogP contribution in [0.3, 0.4) is 0 Å². The Kier molecular flexibility index (Phi) is 8.55. The maximum Gasteiger partial charge on any atom is 0.343 e. The van der Waals surface area contributed by atoms with Crippen LogP contribution in [0, 0.1) is 18.3 Å². The fourth-order valence-corrected chi connectivity index (χ4v) is 4.32. The zero-order chi connectivity index (χ0) is 27.1. The summed E-state index contributed by atoms with van der Waals surface area (Å²) >= 11 is 0. The van der Waals surface area contributed by atoms with E-state index in [4.69, 9.17) is 24.7 Å². The lowest BCUT2D eigenvalue weighted by Crippen LogP contribution is -2.21. The van der Waals surface area contributed by atoms with Gasteiger partial charge >= 0.3 is 5.97 Å².